The van der Waals surface area contributed by atoms with Gasteiger partial charge >= 0.3 is 5.97 Å². The van der Waals surface area contributed by atoms with Crippen LogP contribution in [0.5, 0.6) is 0 Å². The summed E-state index contributed by atoms with van der Waals surface area (Å²) in [7, 11) is -2.91. The van der Waals surface area contributed by atoms with E-state index in [9.17, 15) is 18.0 Å². The van der Waals surface area contributed by atoms with Crippen LogP contribution in [0.25, 0.3) is 0 Å². The highest BCUT2D eigenvalue weighted by Gasteiger charge is 2.31. The first-order chi connectivity index (χ1) is 10.4. The lowest BCUT2D eigenvalue weighted by atomic mass is 9.98. The van der Waals surface area contributed by atoms with Crippen LogP contribution in [0.3, 0.4) is 0 Å². The summed E-state index contributed by atoms with van der Waals surface area (Å²) in [4.78, 5) is 24.9. The third kappa shape index (κ3) is 5.15. The quantitative estimate of drug-likeness (QED) is 0.773. The Balaban J connectivity index is 1.82. The summed E-state index contributed by atoms with van der Waals surface area (Å²) in [5, 5.41) is 8.82. The highest BCUT2D eigenvalue weighted by molar-refractivity contribution is 8.02. The Hall–Kier alpha value is -0.760. The number of nitrogens with zero attached hydrogens (tertiary/aromatic N) is 1. The van der Waals surface area contributed by atoms with Crippen molar-refractivity contribution < 1.29 is 23.1 Å². The van der Waals surface area contributed by atoms with Gasteiger partial charge in [0, 0.05) is 24.3 Å². The van der Waals surface area contributed by atoms with Gasteiger partial charge in [-0.25, -0.2) is 8.42 Å². The molecule has 2 atom stereocenters. The molecule has 0 aromatic rings. The molecular weight excluding hydrogens is 326 g/mol. The summed E-state index contributed by atoms with van der Waals surface area (Å²) < 4.78 is 22.8. The number of sulfone groups is 1. The van der Waals surface area contributed by atoms with Gasteiger partial charge in [0.05, 0.1) is 17.3 Å². The fourth-order valence-corrected chi connectivity index (χ4v) is 6.61. The fraction of sp³-hybridized carbons (Fsp3) is 0.857. The van der Waals surface area contributed by atoms with Gasteiger partial charge in [0.15, 0.2) is 9.84 Å². The number of carboxylic acid groups (broad SMARTS) is 1. The lowest BCUT2D eigenvalue weighted by molar-refractivity contribution is -0.139. The van der Waals surface area contributed by atoms with Crippen molar-refractivity contribution in [2.45, 2.75) is 49.8 Å². The van der Waals surface area contributed by atoms with Crippen LogP contribution in [0.2, 0.25) is 0 Å². The Bertz CT molecular complexity index is 519. The molecule has 0 saturated carbocycles. The Morgan fingerprint density at radius 2 is 2.00 bits per heavy atom. The summed E-state index contributed by atoms with van der Waals surface area (Å²) in [5.74, 6) is -0.117. The van der Waals surface area contributed by atoms with Gasteiger partial charge in [-0.2, -0.15) is 0 Å². The topological polar surface area (TPSA) is 91.8 Å². The number of carbonyl (C=O) groups is 2. The van der Waals surface area contributed by atoms with Gasteiger partial charge in [0.25, 0.3) is 0 Å². The molecule has 8 heteroatoms. The number of rotatable bonds is 6. The minimum atomic E-state index is -2.91. The lowest BCUT2D eigenvalue weighted by Crippen LogP contribution is -2.45. The van der Waals surface area contributed by atoms with Crippen LogP contribution >= 0.6 is 11.8 Å². The van der Waals surface area contributed by atoms with Crippen molar-refractivity contribution in [3.05, 3.63) is 0 Å². The second-order valence-electron chi connectivity index (χ2n) is 6.01. The second-order valence-corrected chi connectivity index (χ2v) is 9.52. The molecular formula is C14H23NO5S2. The Labute approximate surface area is 135 Å². The van der Waals surface area contributed by atoms with Crippen LogP contribution in [0.4, 0.5) is 0 Å². The largest absolute Gasteiger partial charge is 0.481 e. The third-order valence-electron chi connectivity index (χ3n) is 4.27. The predicted molar refractivity (Wildman–Crippen MR) is 85.7 cm³/mol. The molecule has 1 amide bonds. The smallest absolute Gasteiger partial charge is 0.303 e. The molecule has 126 valence electrons. The average molecular weight is 349 g/mol. The van der Waals surface area contributed by atoms with Crippen molar-refractivity contribution in [2.24, 2.45) is 0 Å². The summed E-state index contributed by atoms with van der Waals surface area (Å²) >= 11 is 1.43. The van der Waals surface area contributed by atoms with Gasteiger partial charge in [-0.1, -0.05) is 0 Å². The van der Waals surface area contributed by atoms with Gasteiger partial charge in [-0.05, 0) is 32.1 Å². The third-order valence-corrected chi connectivity index (χ3v) is 7.54. The molecule has 2 saturated heterocycles. The molecule has 0 aliphatic carbocycles. The van der Waals surface area contributed by atoms with E-state index >= 15 is 0 Å². The number of amides is 1. The van der Waals surface area contributed by atoms with Gasteiger partial charge in [-0.3, -0.25) is 9.59 Å². The molecule has 0 radical (unpaired) electrons. The number of thioether (sulfide) groups is 1. The van der Waals surface area contributed by atoms with Crippen LogP contribution in [0.15, 0.2) is 0 Å². The molecule has 2 aliphatic rings. The van der Waals surface area contributed by atoms with Crippen molar-refractivity contribution >= 4 is 33.5 Å². The summed E-state index contributed by atoms with van der Waals surface area (Å²) in [6.45, 7) is 0.687. The van der Waals surface area contributed by atoms with Gasteiger partial charge in [-0.15, -0.1) is 11.8 Å². The van der Waals surface area contributed by atoms with E-state index in [4.69, 9.17) is 5.11 Å². The van der Waals surface area contributed by atoms with E-state index < -0.39 is 15.8 Å². The molecule has 2 fully saturated rings. The molecule has 22 heavy (non-hydrogen) atoms. The summed E-state index contributed by atoms with van der Waals surface area (Å²) in [6.07, 6.45) is 4.07. The van der Waals surface area contributed by atoms with Crippen LogP contribution in [-0.4, -0.2) is 65.4 Å². The van der Waals surface area contributed by atoms with Gasteiger partial charge < -0.3 is 10.0 Å². The van der Waals surface area contributed by atoms with Gasteiger partial charge in [0.2, 0.25) is 5.91 Å². The summed E-state index contributed by atoms with van der Waals surface area (Å²) in [6, 6.07) is 0.0188. The molecule has 0 spiro atoms. The maximum Gasteiger partial charge on any atom is 0.303 e. The van der Waals surface area contributed by atoms with Crippen LogP contribution < -0.4 is 0 Å². The molecule has 1 N–H and O–H groups in total. The molecule has 2 rings (SSSR count). The first-order valence-electron chi connectivity index (χ1n) is 7.71. The normalized spacial score (nSPS) is 27.7. The monoisotopic (exact) mass is 349 g/mol. The number of hydrogen-bond acceptors (Lipinski definition) is 5. The highest BCUT2D eigenvalue weighted by atomic mass is 32.2. The Morgan fingerprint density at radius 1 is 1.23 bits per heavy atom. The van der Waals surface area contributed by atoms with E-state index in [2.05, 4.69) is 0 Å². The maximum absolute atomic E-state index is 12.4. The minimum absolute atomic E-state index is 0.0180. The molecule has 6 nitrogen and oxygen atoms in total. The number of carbonyl (C=O) groups excluding carboxylic acids is 1. The lowest BCUT2D eigenvalue weighted by Gasteiger charge is -2.35. The standard InChI is InChI=1S/C14H23NO5S2/c16-13(9-21-12-6-8-22(19,20)10-12)15-7-2-1-3-11(15)4-5-14(17)18/h11-12H,1-10H2,(H,17,18). The molecule has 2 aliphatic heterocycles. The van der Waals surface area contributed by atoms with Crippen LogP contribution in [0.1, 0.15) is 38.5 Å². The molecule has 2 unspecified atom stereocenters. The predicted octanol–water partition coefficient (Wildman–Crippen LogP) is 1.15. The van der Waals surface area contributed by atoms with E-state index in [0.717, 1.165) is 19.3 Å². The minimum Gasteiger partial charge on any atom is -0.481 e. The van der Waals surface area contributed by atoms with Crippen molar-refractivity contribution in [1.29, 1.82) is 0 Å². The van der Waals surface area contributed by atoms with Crippen LogP contribution in [0, 0.1) is 0 Å². The van der Waals surface area contributed by atoms with E-state index in [-0.39, 0.29) is 35.1 Å². The zero-order valence-electron chi connectivity index (χ0n) is 12.6. The number of aliphatic carboxylic acids is 1. The van der Waals surface area contributed by atoms with Crippen molar-refractivity contribution in [3.8, 4) is 0 Å². The van der Waals surface area contributed by atoms with Crippen molar-refractivity contribution in [1.82, 2.24) is 4.90 Å². The van der Waals surface area contributed by atoms with Crippen LogP contribution in [-0.2, 0) is 19.4 Å². The molecule has 2 heterocycles. The Morgan fingerprint density at radius 3 is 2.64 bits per heavy atom. The number of hydrogen-bond donors (Lipinski definition) is 1. The zero-order chi connectivity index (χ0) is 16.2. The van der Waals surface area contributed by atoms with Gasteiger partial charge in [0.1, 0.15) is 0 Å². The van der Waals surface area contributed by atoms with Crippen molar-refractivity contribution in [2.75, 3.05) is 23.8 Å². The highest BCUT2D eigenvalue weighted by Crippen LogP contribution is 2.26. The SMILES string of the molecule is O=C(O)CCC1CCCCN1C(=O)CSC1CCS(=O)(=O)C1. The Kier molecular flexibility index (Phi) is 6.14. The maximum atomic E-state index is 12.4. The van der Waals surface area contributed by atoms with Crippen molar-refractivity contribution in [3.63, 3.8) is 0 Å². The average Bonchev–Trinajstić information content (AvgIpc) is 2.82. The zero-order valence-corrected chi connectivity index (χ0v) is 14.2. The fourth-order valence-electron chi connectivity index (χ4n) is 3.08. The molecule has 0 aromatic heterocycles. The van der Waals surface area contributed by atoms with E-state index in [0.29, 0.717) is 25.1 Å². The van der Waals surface area contributed by atoms with E-state index in [1.54, 1.807) is 0 Å². The first kappa shape index (κ1) is 17.6. The number of carboxylic acids is 1. The molecule has 0 bridgehead atoms. The summed E-state index contributed by atoms with van der Waals surface area (Å²) in [5.41, 5.74) is 0. The second kappa shape index (κ2) is 7.68. The number of likely N-dealkylation sites (tertiary alicyclic amines) is 1. The molecule has 0 aromatic carbocycles. The van der Waals surface area contributed by atoms with E-state index in [1.807, 2.05) is 4.90 Å². The first-order valence-corrected chi connectivity index (χ1v) is 10.6. The number of piperidine rings is 1. The van der Waals surface area contributed by atoms with E-state index in [1.165, 1.54) is 11.8 Å².